The molecule has 2 heterocycles. The second-order valence-electron chi connectivity index (χ2n) is 5.57. The van der Waals surface area contributed by atoms with E-state index in [4.69, 9.17) is 9.15 Å². The number of hydrogen-bond acceptors (Lipinski definition) is 5. The fourth-order valence-corrected chi connectivity index (χ4v) is 2.29. The van der Waals surface area contributed by atoms with Gasteiger partial charge in [-0.1, -0.05) is 13.8 Å². The van der Waals surface area contributed by atoms with E-state index in [1.165, 1.54) is 0 Å². The quantitative estimate of drug-likeness (QED) is 0.854. The van der Waals surface area contributed by atoms with Crippen molar-refractivity contribution in [2.75, 3.05) is 31.6 Å². The van der Waals surface area contributed by atoms with Gasteiger partial charge in [0, 0.05) is 26.7 Å². The molecule has 0 unspecified atom stereocenters. The topological polar surface area (TPSA) is 50.5 Å². The Morgan fingerprint density at radius 1 is 1.47 bits per heavy atom. The standard InChI is InChI=1S/C14H25N3O2/c1-11(2)8-15-9-12-10-19-14(16-12)17-6-4-13(18-3)5-7-17/h10-11,13,15H,4-9H2,1-3H3. The van der Waals surface area contributed by atoms with Crippen molar-refractivity contribution < 1.29 is 9.15 Å². The smallest absolute Gasteiger partial charge is 0.297 e. The predicted molar refractivity (Wildman–Crippen MR) is 75.3 cm³/mol. The first kappa shape index (κ1) is 14.3. The maximum atomic E-state index is 5.56. The molecule has 0 atom stereocenters. The molecule has 0 saturated carbocycles. The SMILES string of the molecule is COC1CCN(c2nc(CNCC(C)C)co2)CC1. The van der Waals surface area contributed by atoms with Crippen molar-refractivity contribution in [1.29, 1.82) is 0 Å². The third-order valence-electron chi connectivity index (χ3n) is 3.44. The van der Waals surface area contributed by atoms with Crippen molar-refractivity contribution in [3.63, 3.8) is 0 Å². The number of nitrogens with zero attached hydrogens (tertiary/aromatic N) is 2. The molecule has 1 saturated heterocycles. The summed E-state index contributed by atoms with van der Waals surface area (Å²) in [6.07, 6.45) is 4.23. The van der Waals surface area contributed by atoms with Gasteiger partial charge in [0.25, 0.3) is 6.01 Å². The van der Waals surface area contributed by atoms with Crippen LogP contribution in [0.4, 0.5) is 6.01 Å². The van der Waals surface area contributed by atoms with E-state index < -0.39 is 0 Å². The van der Waals surface area contributed by atoms with E-state index in [1.807, 2.05) is 0 Å². The maximum Gasteiger partial charge on any atom is 0.297 e. The van der Waals surface area contributed by atoms with Crippen molar-refractivity contribution >= 4 is 6.01 Å². The van der Waals surface area contributed by atoms with Gasteiger partial charge in [0.15, 0.2) is 0 Å². The Labute approximate surface area is 115 Å². The molecule has 5 heteroatoms. The maximum absolute atomic E-state index is 5.56. The van der Waals surface area contributed by atoms with Gasteiger partial charge in [-0.25, -0.2) is 0 Å². The van der Waals surface area contributed by atoms with Gasteiger partial charge in [-0.3, -0.25) is 0 Å². The zero-order valence-corrected chi connectivity index (χ0v) is 12.2. The fraction of sp³-hybridized carbons (Fsp3) is 0.786. The first-order chi connectivity index (χ1) is 9.19. The Balaban J connectivity index is 1.80. The number of piperidine rings is 1. The zero-order valence-electron chi connectivity index (χ0n) is 12.2. The van der Waals surface area contributed by atoms with Gasteiger partial charge in [-0.15, -0.1) is 0 Å². The molecule has 1 aromatic rings. The molecular weight excluding hydrogens is 242 g/mol. The van der Waals surface area contributed by atoms with Crippen LogP contribution in [0, 0.1) is 5.92 Å². The van der Waals surface area contributed by atoms with E-state index in [-0.39, 0.29) is 0 Å². The van der Waals surface area contributed by atoms with Gasteiger partial charge < -0.3 is 19.4 Å². The number of hydrogen-bond donors (Lipinski definition) is 1. The number of anilines is 1. The van der Waals surface area contributed by atoms with Crippen molar-refractivity contribution in [3.05, 3.63) is 12.0 Å². The van der Waals surface area contributed by atoms with Crippen LogP contribution in [0.2, 0.25) is 0 Å². The highest BCUT2D eigenvalue weighted by molar-refractivity contribution is 5.27. The second-order valence-corrected chi connectivity index (χ2v) is 5.57. The lowest BCUT2D eigenvalue weighted by atomic mass is 10.1. The first-order valence-electron chi connectivity index (χ1n) is 7.12. The summed E-state index contributed by atoms with van der Waals surface area (Å²) >= 11 is 0. The molecule has 1 fully saturated rings. The number of aromatic nitrogens is 1. The number of methoxy groups -OCH3 is 1. The average molecular weight is 267 g/mol. The van der Waals surface area contributed by atoms with Crippen molar-refractivity contribution in [2.45, 2.75) is 39.3 Å². The summed E-state index contributed by atoms with van der Waals surface area (Å²) in [6, 6.07) is 0.746. The van der Waals surface area contributed by atoms with Gasteiger partial charge in [0.05, 0.1) is 11.8 Å². The summed E-state index contributed by atoms with van der Waals surface area (Å²) in [5.41, 5.74) is 0.976. The lowest BCUT2D eigenvalue weighted by Gasteiger charge is -2.29. The van der Waals surface area contributed by atoms with Crippen LogP contribution in [-0.2, 0) is 11.3 Å². The van der Waals surface area contributed by atoms with E-state index in [0.29, 0.717) is 12.0 Å². The summed E-state index contributed by atoms with van der Waals surface area (Å²) in [5.74, 6) is 0.652. The summed E-state index contributed by atoms with van der Waals surface area (Å²) in [6.45, 7) is 8.08. The Morgan fingerprint density at radius 2 is 2.21 bits per heavy atom. The molecule has 0 radical (unpaired) electrons. The van der Waals surface area contributed by atoms with Crippen LogP contribution in [0.15, 0.2) is 10.7 Å². The third-order valence-corrected chi connectivity index (χ3v) is 3.44. The third kappa shape index (κ3) is 4.21. The Kier molecular flexibility index (Phi) is 5.22. The van der Waals surface area contributed by atoms with E-state index in [9.17, 15) is 0 Å². The molecule has 0 aliphatic carbocycles. The van der Waals surface area contributed by atoms with Crippen LogP contribution in [0.5, 0.6) is 0 Å². The number of rotatable bonds is 6. The molecule has 19 heavy (non-hydrogen) atoms. The Bertz CT molecular complexity index is 371. The summed E-state index contributed by atoms with van der Waals surface area (Å²) in [4.78, 5) is 6.73. The molecule has 1 aliphatic heterocycles. The highest BCUT2D eigenvalue weighted by Gasteiger charge is 2.21. The lowest BCUT2D eigenvalue weighted by molar-refractivity contribution is 0.0811. The summed E-state index contributed by atoms with van der Waals surface area (Å²) < 4.78 is 10.9. The van der Waals surface area contributed by atoms with Gasteiger partial charge in [0.1, 0.15) is 6.26 Å². The van der Waals surface area contributed by atoms with Gasteiger partial charge in [-0.05, 0) is 25.3 Å². The molecule has 2 rings (SSSR count). The second kappa shape index (κ2) is 6.91. The average Bonchev–Trinajstić information content (AvgIpc) is 2.87. The van der Waals surface area contributed by atoms with Crippen LogP contribution < -0.4 is 10.2 Å². The van der Waals surface area contributed by atoms with E-state index in [0.717, 1.165) is 50.7 Å². The fourth-order valence-electron chi connectivity index (χ4n) is 2.29. The van der Waals surface area contributed by atoms with Crippen LogP contribution in [0.25, 0.3) is 0 Å². The van der Waals surface area contributed by atoms with Crippen molar-refractivity contribution in [1.82, 2.24) is 10.3 Å². The molecule has 0 bridgehead atoms. The zero-order chi connectivity index (χ0) is 13.7. The predicted octanol–water partition coefficient (Wildman–Crippen LogP) is 2.04. The minimum atomic E-state index is 0.387. The minimum absolute atomic E-state index is 0.387. The van der Waals surface area contributed by atoms with Gasteiger partial charge in [0.2, 0.25) is 0 Å². The Hall–Kier alpha value is -1.07. The van der Waals surface area contributed by atoms with Crippen LogP contribution in [0.3, 0.4) is 0 Å². The minimum Gasteiger partial charge on any atom is -0.432 e. The monoisotopic (exact) mass is 267 g/mol. The molecule has 5 nitrogen and oxygen atoms in total. The van der Waals surface area contributed by atoms with Crippen LogP contribution in [0.1, 0.15) is 32.4 Å². The Morgan fingerprint density at radius 3 is 2.84 bits per heavy atom. The summed E-state index contributed by atoms with van der Waals surface area (Å²) in [5, 5.41) is 3.37. The molecule has 0 spiro atoms. The first-order valence-corrected chi connectivity index (χ1v) is 7.12. The molecule has 0 amide bonds. The molecular formula is C14H25N3O2. The normalized spacial score (nSPS) is 17.4. The largest absolute Gasteiger partial charge is 0.432 e. The highest BCUT2D eigenvalue weighted by Crippen LogP contribution is 2.20. The molecule has 1 aliphatic rings. The lowest BCUT2D eigenvalue weighted by Crippen LogP contribution is -2.36. The number of oxazole rings is 1. The summed E-state index contributed by atoms with van der Waals surface area (Å²) in [7, 11) is 1.78. The highest BCUT2D eigenvalue weighted by atomic mass is 16.5. The van der Waals surface area contributed by atoms with E-state index in [2.05, 4.69) is 29.0 Å². The van der Waals surface area contributed by atoms with Crippen molar-refractivity contribution in [2.24, 2.45) is 5.92 Å². The molecule has 1 aromatic heterocycles. The molecule has 1 N–H and O–H groups in total. The van der Waals surface area contributed by atoms with Crippen LogP contribution in [-0.4, -0.2) is 37.8 Å². The number of ether oxygens (including phenoxy) is 1. The van der Waals surface area contributed by atoms with Crippen LogP contribution >= 0.6 is 0 Å². The van der Waals surface area contributed by atoms with Crippen molar-refractivity contribution in [3.8, 4) is 0 Å². The number of nitrogens with one attached hydrogen (secondary N) is 1. The van der Waals surface area contributed by atoms with E-state index >= 15 is 0 Å². The molecule has 108 valence electrons. The van der Waals surface area contributed by atoms with Gasteiger partial charge >= 0.3 is 0 Å². The van der Waals surface area contributed by atoms with E-state index in [1.54, 1.807) is 13.4 Å². The van der Waals surface area contributed by atoms with Gasteiger partial charge in [-0.2, -0.15) is 4.98 Å². The molecule has 0 aromatic carbocycles.